The molecule has 2 aromatic carbocycles. The van der Waals surface area contributed by atoms with Gasteiger partial charge in [-0.1, -0.05) is 6.07 Å². The molecule has 0 bridgehead atoms. The van der Waals surface area contributed by atoms with Crippen molar-refractivity contribution in [2.45, 2.75) is 31.3 Å². The molecule has 0 aromatic heterocycles. The molecule has 1 aliphatic heterocycles. The number of nitrogens with one attached hydrogen (secondary N) is 1. The molecular formula is C22H27FN2O6S. The predicted octanol–water partition coefficient (Wildman–Crippen LogP) is 3.04. The molecule has 1 amide bonds. The normalized spacial score (nSPS) is 14.9. The Labute approximate surface area is 187 Å². The maximum Gasteiger partial charge on any atom is 0.243 e. The second-order valence-electron chi connectivity index (χ2n) is 7.45. The van der Waals surface area contributed by atoms with Crippen molar-refractivity contribution in [1.82, 2.24) is 4.31 Å². The van der Waals surface area contributed by atoms with Crippen molar-refractivity contribution >= 4 is 21.6 Å². The first kappa shape index (κ1) is 24.0. The summed E-state index contributed by atoms with van der Waals surface area (Å²) < 4.78 is 56.9. The van der Waals surface area contributed by atoms with E-state index in [-0.39, 0.29) is 42.8 Å². The standard InChI is InChI=1S/C22H27FN2O6S/c1-16(2)31-21-7-6-19(32(27,28)25-9-12-29-13-10-25)15-20(21)24-22(26)8-11-30-18-5-3-4-17(23)14-18/h3-7,14-16H,8-13H2,1-2H3,(H,24,26). The molecule has 32 heavy (non-hydrogen) atoms. The van der Waals surface area contributed by atoms with E-state index in [0.717, 1.165) is 0 Å². The Kier molecular flexibility index (Phi) is 8.05. The number of hydrogen-bond donors (Lipinski definition) is 1. The number of rotatable bonds is 9. The van der Waals surface area contributed by atoms with Gasteiger partial charge in [0.2, 0.25) is 15.9 Å². The first-order valence-electron chi connectivity index (χ1n) is 10.3. The minimum Gasteiger partial charge on any atom is -0.493 e. The lowest BCUT2D eigenvalue weighted by Crippen LogP contribution is -2.40. The molecule has 0 aliphatic carbocycles. The number of amides is 1. The van der Waals surface area contributed by atoms with Crippen molar-refractivity contribution in [1.29, 1.82) is 0 Å². The maximum atomic E-state index is 13.2. The molecule has 0 spiro atoms. The molecule has 2 aromatic rings. The van der Waals surface area contributed by atoms with E-state index in [1.807, 2.05) is 13.8 Å². The number of ether oxygens (including phenoxy) is 3. The van der Waals surface area contributed by atoms with E-state index in [4.69, 9.17) is 14.2 Å². The zero-order chi connectivity index (χ0) is 23.1. The molecule has 0 radical (unpaired) electrons. The number of nitrogens with zero attached hydrogens (tertiary/aromatic N) is 1. The Balaban J connectivity index is 1.72. The average Bonchev–Trinajstić information content (AvgIpc) is 2.75. The molecule has 1 N–H and O–H groups in total. The summed E-state index contributed by atoms with van der Waals surface area (Å²) in [6.07, 6.45) is -0.193. The van der Waals surface area contributed by atoms with Crippen molar-refractivity contribution in [3.8, 4) is 11.5 Å². The zero-order valence-corrected chi connectivity index (χ0v) is 18.9. The van der Waals surface area contributed by atoms with Gasteiger partial charge in [-0.15, -0.1) is 0 Å². The molecule has 8 nitrogen and oxygen atoms in total. The Bertz CT molecular complexity index is 1040. The van der Waals surface area contributed by atoms with Gasteiger partial charge in [-0.25, -0.2) is 12.8 Å². The fraction of sp³-hybridized carbons (Fsp3) is 0.409. The van der Waals surface area contributed by atoms with Crippen LogP contribution in [-0.4, -0.2) is 57.6 Å². The number of carbonyl (C=O) groups is 1. The van der Waals surface area contributed by atoms with Crippen molar-refractivity contribution in [3.05, 3.63) is 48.3 Å². The highest BCUT2D eigenvalue weighted by Crippen LogP contribution is 2.30. The highest BCUT2D eigenvalue weighted by Gasteiger charge is 2.27. The number of anilines is 1. The fourth-order valence-electron chi connectivity index (χ4n) is 3.09. The van der Waals surface area contributed by atoms with E-state index in [9.17, 15) is 17.6 Å². The minimum absolute atomic E-state index is 0.0158. The van der Waals surface area contributed by atoms with Crippen LogP contribution < -0.4 is 14.8 Å². The van der Waals surface area contributed by atoms with E-state index >= 15 is 0 Å². The van der Waals surface area contributed by atoms with Crippen LogP contribution in [0.4, 0.5) is 10.1 Å². The number of sulfonamides is 1. The summed E-state index contributed by atoms with van der Waals surface area (Å²) in [5, 5.41) is 2.70. The number of morpholine rings is 1. The van der Waals surface area contributed by atoms with Crippen molar-refractivity contribution in [2.75, 3.05) is 38.2 Å². The second-order valence-corrected chi connectivity index (χ2v) is 9.38. The third-order valence-corrected chi connectivity index (χ3v) is 6.48. The second kappa shape index (κ2) is 10.8. The first-order chi connectivity index (χ1) is 15.3. The predicted molar refractivity (Wildman–Crippen MR) is 117 cm³/mol. The van der Waals surface area contributed by atoms with Crippen LogP contribution in [-0.2, 0) is 19.6 Å². The van der Waals surface area contributed by atoms with Gasteiger partial charge in [0.25, 0.3) is 0 Å². The highest BCUT2D eigenvalue weighted by atomic mass is 32.2. The van der Waals surface area contributed by atoms with Crippen LogP contribution >= 0.6 is 0 Å². The molecule has 1 saturated heterocycles. The third-order valence-electron chi connectivity index (χ3n) is 4.59. The van der Waals surface area contributed by atoms with Crippen molar-refractivity contribution in [3.63, 3.8) is 0 Å². The van der Waals surface area contributed by atoms with E-state index in [1.165, 1.54) is 40.7 Å². The highest BCUT2D eigenvalue weighted by molar-refractivity contribution is 7.89. The molecule has 1 fully saturated rings. The summed E-state index contributed by atoms with van der Waals surface area (Å²) in [7, 11) is -3.74. The number of hydrogen-bond acceptors (Lipinski definition) is 6. The molecule has 3 rings (SSSR count). The van der Waals surface area contributed by atoms with E-state index < -0.39 is 21.7 Å². The van der Waals surface area contributed by atoms with E-state index in [2.05, 4.69) is 5.32 Å². The minimum atomic E-state index is -3.74. The average molecular weight is 467 g/mol. The van der Waals surface area contributed by atoms with Gasteiger partial charge in [-0.3, -0.25) is 4.79 Å². The van der Waals surface area contributed by atoms with Gasteiger partial charge < -0.3 is 19.5 Å². The zero-order valence-electron chi connectivity index (χ0n) is 18.0. The third kappa shape index (κ3) is 6.41. The lowest BCUT2D eigenvalue weighted by Gasteiger charge is -2.26. The van der Waals surface area contributed by atoms with Crippen LogP contribution in [0.15, 0.2) is 47.4 Å². The molecule has 174 valence electrons. The maximum absolute atomic E-state index is 13.2. The van der Waals surface area contributed by atoms with Crippen molar-refractivity contribution < 1.29 is 31.8 Å². The van der Waals surface area contributed by atoms with Crippen LogP contribution in [0.2, 0.25) is 0 Å². The summed E-state index contributed by atoms with van der Waals surface area (Å²) in [5.74, 6) is -0.141. The number of carbonyl (C=O) groups excluding carboxylic acids is 1. The van der Waals surface area contributed by atoms with E-state index in [0.29, 0.717) is 24.7 Å². The first-order valence-corrected chi connectivity index (χ1v) is 11.8. The Morgan fingerprint density at radius 1 is 1.19 bits per heavy atom. The largest absolute Gasteiger partial charge is 0.493 e. The summed E-state index contributed by atoms with van der Waals surface area (Å²) in [4.78, 5) is 12.5. The SMILES string of the molecule is CC(C)Oc1ccc(S(=O)(=O)N2CCOCC2)cc1NC(=O)CCOc1cccc(F)c1. The van der Waals surface area contributed by atoms with Crippen LogP contribution in [0.3, 0.4) is 0 Å². The van der Waals surface area contributed by atoms with Crippen LogP contribution in [0.25, 0.3) is 0 Å². The molecule has 0 saturated carbocycles. The lowest BCUT2D eigenvalue weighted by molar-refractivity contribution is -0.116. The van der Waals surface area contributed by atoms with Crippen molar-refractivity contribution in [2.24, 2.45) is 0 Å². The number of benzene rings is 2. The quantitative estimate of drug-likeness (QED) is 0.611. The molecule has 1 aliphatic rings. The Morgan fingerprint density at radius 3 is 2.62 bits per heavy atom. The van der Waals surface area contributed by atoms with Gasteiger partial charge in [0.05, 0.1) is 42.9 Å². The van der Waals surface area contributed by atoms with Gasteiger partial charge in [-0.2, -0.15) is 4.31 Å². The molecule has 10 heteroatoms. The lowest BCUT2D eigenvalue weighted by atomic mass is 10.2. The smallest absolute Gasteiger partial charge is 0.243 e. The van der Waals surface area contributed by atoms with Crippen LogP contribution in [0, 0.1) is 5.82 Å². The van der Waals surface area contributed by atoms with Crippen LogP contribution in [0.1, 0.15) is 20.3 Å². The van der Waals surface area contributed by atoms with Crippen LogP contribution in [0.5, 0.6) is 11.5 Å². The summed E-state index contributed by atoms with van der Waals surface area (Å²) in [5.41, 5.74) is 0.254. The summed E-state index contributed by atoms with van der Waals surface area (Å²) in [6, 6.07) is 10.0. The fourth-order valence-corrected chi connectivity index (χ4v) is 4.53. The summed E-state index contributed by atoms with van der Waals surface area (Å²) in [6.45, 7) is 4.90. The topological polar surface area (TPSA) is 94.2 Å². The van der Waals surface area contributed by atoms with Gasteiger partial charge in [0, 0.05) is 19.2 Å². The van der Waals surface area contributed by atoms with Gasteiger partial charge in [-0.05, 0) is 44.2 Å². The molecule has 0 atom stereocenters. The Hall–Kier alpha value is -2.69. The van der Waals surface area contributed by atoms with Gasteiger partial charge >= 0.3 is 0 Å². The number of halogens is 1. The monoisotopic (exact) mass is 466 g/mol. The molecule has 0 unspecified atom stereocenters. The summed E-state index contributed by atoms with van der Waals surface area (Å²) >= 11 is 0. The van der Waals surface area contributed by atoms with Gasteiger partial charge in [0.15, 0.2) is 0 Å². The molecular weight excluding hydrogens is 439 g/mol. The molecule has 1 heterocycles. The van der Waals surface area contributed by atoms with E-state index in [1.54, 1.807) is 6.07 Å². The Morgan fingerprint density at radius 2 is 1.94 bits per heavy atom. The van der Waals surface area contributed by atoms with Gasteiger partial charge in [0.1, 0.15) is 17.3 Å².